The fourth-order valence-electron chi connectivity index (χ4n) is 3.18. The first kappa shape index (κ1) is 21.7. The first-order chi connectivity index (χ1) is 15.9. The van der Waals surface area contributed by atoms with E-state index in [1.54, 1.807) is 53.4 Å². The molecule has 0 atom stereocenters. The van der Waals surface area contributed by atoms with Crippen LogP contribution >= 0.6 is 0 Å². The zero-order valence-electron chi connectivity index (χ0n) is 17.0. The van der Waals surface area contributed by atoms with Crippen LogP contribution < -0.4 is 10.1 Å². The number of aromatic nitrogens is 3. The summed E-state index contributed by atoms with van der Waals surface area (Å²) in [5.74, 6) is 0.258. The lowest BCUT2D eigenvalue weighted by Crippen LogP contribution is -2.15. The number of carbonyl (C=O) groups is 1. The molecule has 33 heavy (non-hydrogen) atoms. The zero-order valence-corrected chi connectivity index (χ0v) is 17.0. The SMILES string of the molecule is N#CCOc1ccc(NC(=O)c2cnn(-c3cccc(C(F)(F)F)c3)c2-n2cccc2)cc1. The molecule has 0 aliphatic carbocycles. The molecule has 0 radical (unpaired) electrons. The minimum atomic E-state index is -4.51. The average Bonchev–Trinajstić information content (AvgIpc) is 3.48. The van der Waals surface area contributed by atoms with E-state index in [0.29, 0.717) is 11.4 Å². The Labute approximate surface area is 186 Å². The number of halogens is 3. The van der Waals surface area contributed by atoms with E-state index < -0.39 is 17.6 Å². The van der Waals surface area contributed by atoms with Gasteiger partial charge in [-0.05, 0) is 54.6 Å². The van der Waals surface area contributed by atoms with Crippen molar-refractivity contribution < 1.29 is 22.7 Å². The number of nitrogens with one attached hydrogen (secondary N) is 1. The van der Waals surface area contributed by atoms with Crippen LogP contribution in [0.15, 0.2) is 79.3 Å². The van der Waals surface area contributed by atoms with Crippen molar-refractivity contribution in [3.05, 3.63) is 90.4 Å². The molecule has 166 valence electrons. The van der Waals surface area contributed by atoms with Crippen LogP contribution in [0.25, 0.3) is 11.5 Å². The molecule has 4 aromatic rings. The van der Waals surface area contributed by atoms with Crippen molar-refractivity contribution in [2.45, 2.75) is 6.18 Å². The second-order valence-electron chi connectivity index (χ2n) is 6.86. The van der Waals surface area contributed by atoms with Gasteiger partial charge in [-0.3, -0.25) is 4.79 Å². The Hall–Kier alpha value is -4.52. The number of anilines is 1. The molecule has 0 saturated carbocycles. The smallest absolute Gasteiger partial charge is 0.416 e. The number of nitrogens with zero attached hydrogens (tertiary/aromatic N) is 4. The topological polar surface area (TPSA) is 84.9 Å². The lowest BCUT2D eigenvalue weighted by Gasteiger charge is -2.13. The average molecular weight is 451 g/mol. The summed E-state index contributed by atoms with van der Waals surface area (Å²) in [5, 5.41) is 15.5. The van der Waals surface area contributed by atoms with Crippen molar-refractivity contribution >= 4 is 11.6 Å². The molecule has 2 aromatic heterocycles. The monoisotopic (exact) mass is 451 g/mol. The Kier molecular flexibility index (Phi) is 5.87. The van der Waals surface area contributed by atoms with Gasteiger partial charge in [-0.1, -0.05) is 6.07 Å². The molecule has 0 fully saturated rings. The van der Waals surface area contributed by atoms with Crippen LogP contribution in [0.2, 0.25) is 0 Å². The normalized spacial score (nSPS) is 11.1. The van der Waals surface area contributed by atoms with E-state index in [1.165, 1.54) is 23.0 Å². The highest BCUT2D eigenvalue weighted by Crippen LogP contribution is 2.31. The van der Waals surface area contributed by atoms with E-state index in [0.717, 1.165) is 12.1 Å². The van der Waals surface area contributed by atoms with E-state index in [1.807, 2.05) is 6.07 Å². The maximum atomic E-state index is 13.2. The summed E-state index contributed by atoms with van der Waals surface area (Å²) in [5.41, 5.74) is -0.0340. The number of hydrogen-bond donors (Lipinski definition) is 1. The molecule has 0 saturated heterocycles. The number of rotatable bonds is 6. The third-order valence-electron chi connectivity index (χ3n) is 4.67. The Balaban J connectivity index is 1.68. The van der Waals surface area contributed by atoms with E-state index in [-0.39, 0.29) is 23.7 Å². The highest BCUT2D eigenvalue weighted by atomic mass is 19.4. The second-order valence-corrected chi connectivity index (χ2v) is 6.86. The molecular weight excluding hydrogens is 435 g/mol. The van der Waals surface area contributed by atoms with Gasteiger partial charge in [-0.2, -0.15) is 23.5 Å². The van der Waals surface area contributed by atoms with Gasteiger partial charge < -0.3 is 14.6 Å². The van der Waals surface area contributed by atoms with Gasteiger partial charge in [-0.25, -0.2) is 4.68 Å². The van der Waals surface area contributed by atoms with Gasteiger partial charge in [0.05, 0.1) is 17.4 Å². The minimum Gasteiger partial charge on any atom is -0.479 e. The van der Waals surface area contributed by atoms with Gasteiger partial charge in [0.2, 0.25) is 0 Å². The molecule has 0 bridgehead atoms. The summed E-state index contributed by atoms with van der Waals surface area (Å²) in [6.45, 7) is -0.0966. The summed E-state index contributed by atoms with van der Waals surface area (Å²) < 4.78 is 47.7. The lowest BCUT2D eigenvalue weighted by molar-refractivity contribution is -0.137. The molecule has 2 heterocycles. The molecule has 2 aromatic carbocycles. The van der Waals surface area contributed by atoms with Gasteiger partial charge in [0.25, 0.3) is 5.91 Å². The van der Waals surface area contributed by atoms with E-state index in [2.05, 4.69) is 10.4 Å². The van der Waals surface area contributed by atoms with Crippen LogP contribution in [-0.2, 0) is 6.18 Å². The minimum absolute atomic E-state index is 0.0966. The molecule has 0 unspecified atom stereocenters. The maximum Gasteiger partial charge on any atom is 0.416 e. The third-order valence-corrected chi connectivity index (χ3v) is 4.67. The number of hydrogen-bond acceptors (Lipinski definition) is 4. The number of alkyl halides is 3. The van der Waals surface area contributed by atoms with Crippen molar-refractivity contribution in [1.29, 1.82) is 5.26 Å². The van der Waals surface area contributed by atoms with Crippen molar-refractivity contribution in [1.82, 2.24) is 14.3 Å². The van der Waals surface area contributed by atoms with Crippen molar-refractivity contribution in [2.24, 2.45) is 0 Å². The Bertz CT molecular complexity index is 1300. The summed E-state index contributed by atoms with van der Waals surface area (Å²) in [6.07, 6.45) is 0.119. The molecule has 0 aliphatic heterocycles. The molecule has 0 aliphatic rings. The summed E-state index contributed by atoms with van der Waals surface area (Å²) in [7, 11) is 0. The van der Waals surface area contributed by atoms with E-state index >= 15 is 0 Å². The van der Waals surface area contributed by atoms with Crippen LogP contribution in [0.1, 0.15) is 15.9 Å². The molecule has 7 nitrogen and oxygen atoms in total. The van der Waals surface area contributed by atoms with Gasteiger partial charge in [0.15, 0.2) is 12.4 Å². The number of benzene rings is 2. The number of ether oxygens (including phenoxy) is 1. The Morgan fingerprint density at radius 3 is 2.48 bits per heavy atom. The molecular formula is C23H16F3N5O2. The number of nitriles is 1. The van der Waals surface area contributed by atoms with Crippen LogP contribution in [-0.4, -0.2) is 26.9 Å². The van der Waals surface area contributed by atoms with Crippen molar-refractivity contribution in [3.63, 3.8) is 0 Å². The largest absolute Gasteiger partial charge is 0.479 e. The Morgan fingerprint density at radius 2 is 1.82 bits per heavy atom. The lowest BCUT2D eigenvalue weighted by atomic mass is 10.2. The first-order valence-electron chi connectivity index (χ1n) is 9.67. The molecule has 0 spiro atoms. The standard InChI is InChI=1S/C23H16F3N5O2/c24-23(25,26)16-4-3-5-18(14-16)31-22(30-11-1-2-12-30)20(15-28-31)21(32)29-17-6-8-19(9-7-17)33-13-10-27/h1-9,11-12,14-15H,13H2,(H,29,32). The molecule has 4 rings (SSSR count). The van der Waals surface area contributed by atoms with E-state index in [4.69, 9.17) is 10.00 Å². The molecule has 1 N–H and O–H groups in total. The number of amides is 1. The van der Waals surface area contributed by atoms with Crippen molar-refractivity contribution in [2.75, 3.05) is 11.9 Å². The maximum absolute atomic E-state index is 13.2. The van der Waals surface area contributed by atoms with Gasteiger partial charge >= 0.3 is 6.18 Å². The summed E-state index contributed by atoms with van der Waals surface area (Å²) in [4.78, 5) is 13.0. The fourth-order valence-corrected chi connectivity index (χ4v) is 3.18. The summed E-state index contributed by atoms with van der Waals surface area (Å²) >= 11 is 0. The first-order valence-corrected chi connectivity index (χ1v) is 9.67. The number of carbonyl (C=O) groups excluding carboxylic acids is 1. The van der Waals surface area contributed by atoms with Crippen molar-refractivity contribution in [3.8, 4) is 23.3 Å². The third kappa shape index (κ3) is 4.72. The van der Waals surface area contributed by atoms with Crippen LogP contribution in [0, 0.1) is 11.3 Å². The predicted octanol–water partition coefficient (Wildman–Crippen LogP) is 4.84. The highest BCUT2D eigenvalue weighted by Gasteiger charge is 2.31. The van der Waals surface area contributed by atoms with Crippen LogP contribution in [0.5, 0.6) is 5.75 Å². The highest BCUT2D eigenvalue weighted by molar-refractivity contribution is 6.06. The molecule has 1 amide bonds. The second kappa shape index (κ2) is 8.92. The van der Waals surface area contributed by atoms with Gasteiger partial charge in [0, 0.05) is 18.1 Å². The zero-order chi connectivity index (χ0) is 23.4. The quantitative estimate of drug-likeness (QED) is 0.455. The summed E-state index contributed by atoms with van der Waals surface area (Å²) in [6, 6.07) is 16.5. The van der Waals surface area contributed by atoms with Crippen LogP contribution in [0.3, 0.4) is 0 Å². The predicted molar refractivity (Wildman–Crippen MR) is 113 cm³/mol. The molecule has 10 heteroatoms. The van der Waals surface area contributed by atoms with E-state index in [9.17, 15) is 18.0 Å². The van der Waals surface area contributed by atoms with Gasteiger partial charge in [-0.15, -0.1) is 0 Å². The van der Waals surface area contributed by atoms with Crippen LogP contribution in [0.4, 0.5) is 18.9 Å². The van der Waals surface area contributed by atoms with Gasteiger partial charge in [0.1, 0.15) is 17.4 Å². The fraction of sp³-hybridized carbons (Fsp3) is 0.0870. The Morgan fingerprint density at radius 1 is 1.09 bits per heavy atom.